The van der Waals surface area contributed by atoms with Crippen molar-refractivity contribution in [3.63, 3.8) is 0 Å². The molecule has 2 nitrogen and oxygen atoms in total. The van der Waals surface area contributed by atoms with Crippen molar-refractivity contribution >= 4 is 0 Å². The van der Waals surface area contributed by atoms with Gasteiger partial charge in [0.05, 0.1) is 0 Å². The Morgan fingerprint density at radius 3 is 3.17 bits per heavy atom. The standard InChI is InChI=1S/C10H13NO/c1-2-10-9-5-8(12)4-3-7(9)6-11-10/h3-5,10-12H,2,6H2,1H3. The van der Waals surface area contributed by atoms with E-state index in [2.05, 4.69) is 12.2 Å². The number of aromatic hydroxyl groups is 1. The topological polar surface area (TPSA) is 32.3 Å². The molecule has 1 aliphatic rings. The van der Waals surface area contributed by atoms with E-state index < -0.39 is 0 Å². The van der Waals surface area contributed by atoms with Gasteiger partial charge < -0.3 is 10.4 Å². The Kier molecular flexibility index (Phi) is 1.77. The van der Waals surface area contributed by atoms with Crippen LogP contribution in [0, 0.1) is 0 Å². The van der Waals surface area contributed by atoms with E-state index in [4.69, 9.17) is 0 Å². The number of hydrogen-bond acceptors (Lipinski definition) is 2. The SMILES string of the molecule is CCC1NCc2ccc(O)cc21. The van der Waals surface area contributed by atoms with Crippen molar-refractivity contribution in [3.8, 4) is 5.75 Å². The van der Waals surface area contributed by atoms with E-state index >= 15 is 0 Å². The van der Waals surface area contributed by atoms with Crippen molar-refractivity contribution in [2.75, 3.05) is 0 Å². The molecule has 0 spiro atoms. The van der Waals surface area contributed by atoms with Gasteiger partial charge in [-0.05, 0) is 29.7 Å². The minimum Gasteiger partial charge on any atom is -0.508 e. The van der Waals surface area contributed by atoms with E-state index in [0.717, 1.165) is 13.0 Å². The van der Waals surface area contributed by atoms with Crippen LogP contribution in [-0.4, -0.2) is 5.11 Å². The highest BCUT2D eigenvalue weighted by molar-refractivity contribution is 5.39. The largest absolute Gasteiger partial charge is 0.508 e. The fraction of sp³-hybridized carbons (Fsp3) is 0.400. The molecule has 1 aromatic carbocycles. The molecular formula is C10H13NO. The predicted molar refractivity (Wildman–Crippen MR) is 48.0 cm³/mol. The molecule has 0 bridgehead atoms. The van der Waals surface area contributed by atoms with Gasteiger partial charge in [0.2, 0.25) is 0 Å². The van der Waals surface area contributed by atoms with Gasteiger partial charge in [-0.25, -0.2) is 0 Å². The van der Waals surface area contributed by atoms with Crippen LogP contribution in [0.5, 0.6) is 5.75 Å². The summed E-state index contributed by atoms with van der Waals surface area (Å²) in [5.74, 6) is 0.371. The molecule has 0 saturated heterocycles. The Hall–Kier alpha value is -1.02. The normalized spacial score (nSPS) is 20.9. The number of fused-ring (bicyclic) bond motifs is 1. The predicted octanol–water partition coefficient (Wildman–Crippen LogP) is 1.95. The van der Waals surface area contributed by atoms with Crippen LogP contribution in [0.1, 0.15) is 30.5 Å². The molecule has 2 rings (SSSR count). The molecule has 2 heteroatoms. The summed E-state index contributed by atoms with van der Waals surface area (Å²) in [6.07, 6.45) is 1.08. The second-order valence-corrected chi connectivity index (χ2v) is 3.22. The van der Waals surface area contributed by atoms with E-state index in [1.165, 1.54) is 11.1 Å². The zero-order valence-corrected chi connectivity index (χ0v) is 7.17. The molecule has 1 atom stereocenters. The quantitative estimate of drug-likeness (QED) is 0.663. The van der Waals surface area contributed by atoms with E-state index in [0.29, 0.717) is 11.8 Å². The monoisotopic (exact) mass is 163 g/mol. The number of phenols is 1. The molecule has 1 heterocycles. The Balaban J connectivity index is 2.42. The molecule has 0 radical (unpaired) electrons. The van der Waals surface area contributed by atoms with Crippen molar-refractivity contribution in [1.82, 2.24) is 5.32 Å². The van der Waals surface area contributed by atoms with Crippen molar-refractivity contribution in [1.29, 1.82) is 0 Å². The van der Waals surface area contributed by atoms with E-state index in [1.54, 1.807) is 6.07 Å². The van der Waals surface area contributed by atoms with Crippen LogP contribution in [-0.2, 0) is 6.54 Å². The van der Waals surface area contributed by atoms with Crippen LogP contribution >= 0.6 is 0 Å². The Labute approximate surface area is 72.2 Å². The van der Waals surface area contributed by atoms with Crippen LogP contribution in [0.3, 0.4) is 0 Å². The number of rotatable bonds is 1. The van der Waals surface area contributed by atoms with Gasteiger partial charge in [-0.1, -0.05) is 13.0 Å². The molecule has 12 heavy (non-hydrogen) atoms. The van der Waals surface area contributed by atoms with Gasteiger partial charge >= 0.3 is 0 Å². The number of phenolic OH excluding ortho intramolecular Hbond substituents is 1. The fourth-order valence-corrected chi connectivity index (χ4v) is 1.78. The van der Waals surface area contributed by atoms with Crippen LogP contribution in [0.15, 0.2) is 18.2 Å². The average molecular weight is 163 g/mol. The maximum Gasteiger partial charge on any atom is 0.115 e. The molecule has 0 aromatic heterocycles. The van der Waals surface area contributed by atoms with Gasteiger partial charge in [0.1, 0.15) is 5.75 Å². The Bertz CT molecular complexity index is 296. The van der Waals surface area contributed by atoms with Gasteiger partial charge in [-0.2, -0.15) is 0 Å². The van der Waals surface area contributed by atoms with Gasteiger partial charge in [-0.3, -0.25) is 0 Å². The highest BCUT2D eigenvalue weighted by atomic mass is 16.3. The van der Waals surface area contributed by atoms with Crippen LogP contribution in [0.4, 0.5) is 0 Å². The summed E-state index contributed by atoms with van der Waals surface area (Å²) in [5, 5.41) is 12.7. The molecule has 1 unspecified atom stereocenters. The molecule has 0 saturated carbocycles. The lowest BCUT2D eigenvalue weighted by Gasteiger charge is -2.07. The van der Waals surface area contributed by atoms with Crippen molar-refractivity contribution in [2.45, 2.75) is 25.9 Å². The summed E-state index contributed by atoms with van der Waals surface area (Å²) >= 11 is 0. The lowest BCUT2D eigenvalue weighted by atomic mass is 10.0. The summed E-state index contributed by atoms with van der Waals surface area (Å²) < 4.78 is 0. The Morgan fingerprint density at radius 1 is 1.58 bits per heavy atom. The lowest BCUT2D eigenvalue weighted by Crippen LogP contribution is -2.10. The van der Waals surface area contributed by atoms with Gasteiger partial charge in [-0.15, -0.1) is 0 Å². The minimum atomic E-state index is 0.371. The summed E-state index contributed by atoms with van der Waals surface area (Å²) in [4.78, 5) is 0. The van der Waals surface area contributed by atoms with E-state index in [-0.39, 0.29) is 0 Å². The molecule has 0 fully saturated rings. The maximum atomic E-state index is 9.28. The first-order valence-corrected chi connectivity index (χ1v) is 4.36. The number of nitrogens with one attached hydrogen (secondary N) is 1. The first-order chi connectivity index (χ1) is 5.81. The van der Waals surface area contributed by atoms with Crippen molar-refractivity contribution in [2.24, 2.45) is 0 Å². The smallest absolute Gasteiger partial charge is 0.115 e. The third kappa shape index (κ3) is 1.08. The Morgan fingerprint density at radius 2 is 2.42 bits per heavy atom. The first kappa shape index (κ1) is 7.62. The number of hydrogen-bond donors (Lipinski definition) is 2. The molecule has 0 amide bonds. The zero-order chi connectivity index (χ0) is 8.55. The molecular weight excluding hydrogens is 150 g/mol. The zero-order valence-electron chi connectivity index (χ0n) is 7.17. The molecule has 0 aliphatic carbocycles. The highest BCUT2D eigenvalue weighted by Crippen LogP contribution is 2.29. The van der Waals surface area contributed by atoms with Crippen LogP contribution in [0.25, 0.3) is 0 Å². The van der Waals surface area contributed by atoms with Crippen molar-refractivity contribution < 1.29 is 5.11 Å². The second-order valence-electron chi connectivity index (χ2n) is 3.22. The summed E-state index contributed by atoms with van der Waals surface area (Å²) in [7, 11) is 0. The average Bonchev–Trinajstić information content (AvgIpc) is 2.46. The molecule has 64 valence electrons. The third-order valence-corrected chi connectivity index (χ3v) is 2.45. The van der Waals surface area contributed by atoms with Gasteiger partial charge in [0.15, 0.2) is 0 Å². The van der Waals surface area contributed by atoms with Crippen LogP contribution in [0.2, 0.25) is 0 Å². The first-order valence-electron chi connectivity index (χ1n) is 4.36. The summed E-state index contributed by atoms with van der Waals surface area (Å²) in [5.41, 5.74) is 2.58. The molecule has 1 aromatic rings. The maximum absolute atomic E-state index is 9.28. The highest BCUT2D eigenvalue weighted by Gasteiger charge is 2.19. The lowest BCUT2D eigenvalue weighted by molar-refractivity contribution is 0.473. The van der Waals surface area contributed by atoms with Gasteiger partial charge in [0, 0.05) is 12.6 Å². The molecule has 2 N–H and O–H groups in total. The molecule has 1 aliphatic heterocycles. The van der Waals surface area contributed by atoms with E-state index in [9.17, 15) is 5.11 Å². The van der Waals surface area contributed by atoms with E-state index in [1.807, 2.05) is 12.1 Å². The van der Waals surface area contributed by atoms with Gasteiger partial charge in [0.25, 0.3) is 0 Å². The summed E-state index contributed by atoms with van der Waals surface area (Å²) in [6.45, 7) is 3.09. The number of benzene rings is 1. The van der Waals surface area contributed by atoms with Crippen molar-refractivity contribution in [3.05, 3.63) is 29.3 Å². The second kappa shape index (κ2) is 2.79. The minimum absolute atomic E-state index is 0.371. The fourth-order valence-electron chi connectivity index (χ4n) is 1.78. The third-order valence-electron chi connectivity index (χ3n) is 2.45. The van der Waals surface area contributed by atoms with Crippen LogP contribution < -0.4 is 5.32 Å². The summed E-state index contributed by atoms with van der Waals surface area (Å²) in [6, 6.07) is 6.04.